The third-order valence-corrected chi connectivity index (χ3v) is 5.40. The fraction of sp³-hybridized carbons (Fsp3) is 0.417. The Morgan fingerprint density at radius 2 is 1.61 bits per heavy atom. The van der Waals surface area contributed by atoms with E-state index in [0.717, 1.165) is 17.2 Å². The molecule has 2 amide bonds. The number of nitrogens with zero attached hydrogens (tertiary/aromatic N) is 1. The minimum Gasteiger partial charge on any atom is -0.445 e. The third kappa shape index (κ3) is 6.59. The first-order valence-corrected chi connectivity index (χ1v) is 10.9. The molecule has 0 aromatic heterocycles. The van der Waals surface area contributed by atoms with E-state index in [1.165, 1.54) is 5.01 Å². The number of carbonyl (C=O) groups excluding carboxylic acids is 2. The normalized spacial score (nSPS) is 12.9. The number of hydrogen-bond donors (Lipinski definition) is 1. The first-order valence-electron chi connectivity index (χ1n) is 10.9. The summed E-state index contributed by atoms with van der Waals surface area (Å²) in [5.74, 6) is -2.76. The van der Waals surface area contributed by atoms with Gasteiger partial charge in [0.15, 0.2) is 0 Å². The highest BCUT2D eigenvalue weighted by Crippen LogP contribution is 2.29. The van der Waals surface area contributed by atoms with Crippen LogP contribution in [0.1, 0.15) is 72.4 Å². The second-order valence-corrected chi connectivity index (χ2v) is 9.48. The Labute approximate surface area is 192 Å². The van der Waals surface area contributed by atoms with Crippen LogP contribution in [0.15, 0.2) is 36.4 Å². The van der Waals surface area contributed by atoms with Gasteiger partial charge in [-0.05, 0) is 43.9 Å². The van der Waals surface area contributed by atoms with E-state index < -0.39 is 47.1 Å². The summed E-state index contributed by atoms with van der Waals surface area (Å²) in [6.45, 7) is 5.99. The van der Waals surface area contributed by atoms with Gasteiger partial charge in [0.25, 0.3) is 11.8 Å². The van der Waals surface area contributed by atoms with Gasteiger partial charge in [0, 0.05) is 5.56 Å². The van der Waals surface area contributed by atoms with Gasteiger partial charge in [0.2, 0.25) is 0 Å². The molecule has 0 saturated heterocycles. The molecule has 0 fully saturated rings. The number of nitrogens with one attached hydrogen (secondary N) is 1. The molecule has 2 rings (SSSR count). The minimum absolute atomic E-state index is 0.304. The zero-order valence-electron chi connectivity index (χ0n) is 19.8. The summed E-state index contributed by atoms with van der Waals surface area (Å²) in [7, 11) is 0. The molecule has 0 aliphatic rings. The van der Waals surface area contributed by atoms with E-state index in [1.807, 2.05) is 47.6 Å². The van der Waals surface area contributed by atoms with Crippen molar-refractivity contribution in [3.05, 3.63) is 64.5 Å². The molecule has 2 aromatic rings. The maximum Gasteiger partial charge on any atom is 0.509 e. The zero-order valence-corrected chi connectivity index (χ0v) is 19.8. The number of amides is 2. The van der Waals surface area contributed by atoms with Crippen molar-refractivity contribution in [1.29, 1.82) is 0 Å². The second-order valence-electron chi connectivity index (χ2n) is 9.48. The molecule has 0 bridgehead atoms. The van der Waals surface area contributed by atoms with Gasteiger partial charge in [-0.1, -0.05) is 63.4 Å². The van der Waals surface area contributed by atoms with Crippen LogP contribution in [0.4, 0.5) is 17.3 Å². The van der Waals surface area contributed by atoms with Crippen LogP contribution >= 0.6 is 0 Å². The summed E-state index contributed by atoms with van der Waals surface area (Å²) in [5, 5.41) is 1.20. The van der Waals surface area contributed by atoms with E-state index in [-0.39, 0.29) is 0 Å². The lowest BCUT2D eigenvalue weighted by atomic mass is 9.80. The second kappa shape index (κ2) is 9.97. The molecule has 0 heterocycles. The number of halogens is 4. The Balaban J connectivity index is 2.49. The lowest BCUT2D eigenvalue weighted by Gasteiger charge is -2.40. The van der Waals surface area contributed by atoms with Gasteiger partial charge >= 0.3 is 6.98 Å². The largest absolute Gasteiger partial charge is 0.509 e. The van der Waals surface area contributed by atoms with E-state index in [9.17, 15) is 26.9 Å². The molecule has 1 atom stereocenters. The molecule has 0 radical (unpaired) electrons. The Bertz CT molecular complexity index is 1010. The predicted molar refractivity (Wildman–Crippen MR) is 123 cm³/mol. The lowest BCUT2D eigenvalue weighted by Crippen LogP contribution is -2.56. The maximum absolute atomic E-state index is 14.4. The van der Waals surface area contributed by atoms with Crippen LogP contribution < -0.4 is 10.9 Å². The maximum atomic E-state index is 14.4. The summed E-state index contributed by atoms with van der Waals surface area (Å²) in [6.07, 6.45) is 1.27. The van der Waals surface area contributed by atoms with Crippen LogP contribution in [0, 0.1) is 25.1 Å². The van der Waals surface area contributed by atoms with Gasteiger partial charge in [-0.15, -0.1) is 5.46 Å². The number of hydrogen-bond acceptors (Lipinski definition) is 2. The smallest absolute Gasteiger partial charge is 0.445 e. The SMILES string of the molecule is CCCC(N(NC(=O)c1ccc([B-](F)(F)F)cc1F)C(=O)c1cc(C)cc(C)c1)C(C)(C)C. The van der Waals surface area contributed by atoms with Gasteiger partial charge in [-0.3, -0.25) is 15.0 Å². The van der Waals surface area contributed by atoms with Crippen molar-refractivity contribution in [3.8, 4) is 0 Å². The van der Waals surface area contributed by atoms with Crippen molar-refractivity contribution in [3.63, 3.8) is 0 Å². The molecule has 0 spiro atoms. The number of rotatable bonds is 6. The highest BCUT2D eigenvalue weighted by Gasteiger charge is 2.35. The van der Waals surface area contributed by atoms with Crippen molar-refractivity contribution in [1.82, 2.24) is 10.4 Å². The lowest BCUT2D eigenvalue weighted by molar-refractivity contribution is 0.0269. The van der Waals surface area contributed by atoms with Crippen LogP contribution in [0.5, 0.6) is 0 Å². The average Bonchev–Trinajstić information content (AvgIpc) is 2.67. The summed E-state index contributed by atoms with van der Waals surface area (Å²) in [6, 6.07) is 6.62. The molecule has 180 valence electrons. The van der Waals surface area contributed by atoms with E-state index in [1.54, 1.807) is 12.1 Å². The average molecular weight is 465 g/mol. The first kappa shape index (κ1) is 26.4. The zero-order chi connectivity index (χ0) is 25.1. The quantitative estimate of drug-likeness (QED) is 0.348. The van der Waals surface area contributed by atoms with Crippen LogP contribution in [0.3, 0.4) is 0 Å². The Morgan fingerprint density at radius 1 is 1.03 bits per heavy atom. The van der Waals surface area contributed by atoms with Gasteiger partial charge in [-0.2, -0.15) is 0 Å². The van der Waals surface area contributed by atoms with E-state index >= 15 is 0 Å². The molecule has 1 unspecified atom stereocenters. The Morgan fingerprint density at radius 3 is 2.06 bits per heavy atom. The molecule has 0 aliphatic carbocycles. The van der Waals surface area contributed by atoms with Gasteiger partial charge in [0.1, 0.15) is 5.82 Å². The molecular weight excluding hydrogens is 435 g/mol. The summed E-state index contributed by atoms with van der Waals surface area (Å²) < 4.78 is 53.2. The topological polar surface area (TPSA) is 49.4 Å². The third-order valence-electron chi connectivity index (χ3n) is 5.40. The van der Waals surface area contributed by atoms with Gasteiger partial charge in [0.05, 0.1) is 11.6 Å². The number of hydrazine groups is 1. The molecule has 33 heavy (non-hydrogen) atoms. The Hall–Kier alpha value is -2.84. The fourth-order valence-electron chi connectivity index (χ4n) is 3.82. The summed E-state index contributed by atoms with van der Waals surface area (Å²) >= 11 is 0. The molecule has 4 nitrogen and oxygen atoms in total. The molecule has 1 N–H and O–H groups in total. The van der Waals surface area contributed by atoms with Crippen LogP contribution in [0.25, 0.3) is 0 Å². The number of carbonyl (C=O) groups is 2. The van der Waals surface area contributed by atoms with Crippen molar-refractivity contribution in [2.45, 2.75) is 60.4 Å². The van der Waals surface area contributed by atoms with Crippen molar-refractivity contribution >= 4 is 24.3 Å². The van der Waals surface area contributed by atoms with Crippen molar-refractivity contribution in [2.24, 2.45) is 5.41 Å². The highest BCUT2D eigenvalue weighted by molar-refractivity contribution is 6.73. The van der Waals surface area contributed by atoms with Crippen LogP contribution in [-0.4, -0.2) is 29.8 Å². The van der Waals surface area contributed by atoms with Crippen molar-refractivity contribution in [2.75, 3.05) is 0 Å². The molecular formula is C24H30BF4N2O2-. The molecule has 0 saturated carbocycles. The number of benzene rings is 2. The summed E-state index contributed by atoms with van der Waals surface area (Å²) in [4.78, 5) is 26.4. The van der Waals surface area contributed by atoms with Gasteiger partial charge in [-0.25, -0.2) is 9.40 Å². The van der Waals surface area contributed by atoms with Gasteiger partial charge < -0.3 is 12.9 Å². The predicted octanol–water partition coefficient (Wildman–Crippen LogP) is 5.50. The van der Waals surface area contributed by atoms with E-state index in [0.29, 0.717) is 30.5 Å². The van der Waals surface area contributed by atoms with E-state index in [2.05, 4.69) is 5.43 Å². The van der Waals surface area contributed by atoms with Crippen LogP contribution in [-0.2, 0) is 0 Å². The Kier molecular flexibility index (Phi) is 7.98. The molecule has 0 aliphatic heterocycles. The minimum atomic E-state index is -5.40. The monoisotopic (exact) mass is 465 g/mol. The first-order chi connectivity index (χ1) is 15.1. The molecule has 2 aromatic carbocycles. The standard InChI is InChI=1S/C24H30BF4N2O2/c1-7-8-21(24(4,5)6)31(23(33)17-12-15(2)11-16(3)13-17)30-22(32)19-10-9-18(14-20(19)26)25(27,28)29/h9-14,21H,7-8H2,1-6H3,(H,30,32)/q-1. The van der Waals surface area contributed by atoms with Crippen LogP contribution in [0.2, 0.25) is 0 Å². The van der Waals surface area contributed by atoms with E-state index in [4.69, 9.17) is 0 Å². The molecule has 9 heteroatoms. The summed E-state index contributed by atoms with van der Waals surface area (Å²) in [5.41, 5.74) is 2.43. The fourth-order valence-corrected chi connectivity index (χ4v) is 3.82. The van der Waals surface area contributed by atoms with Crippen molar-refractivity contribution < 1.29 is 26.9 Å². The number of aryl methyl sites for hydroxylation is 2. The highest BCUT2D eigenvalue weighted by atomic mass is 19.4.